The molecule has 3 N–H and O–H groups in total. The zero-order chi connectivity index (χ0) is 14.2. The Morgan fingerprint density at radius 1 is 1.15 bits per heavy atom. The third-order valence-corrected chi connectivity index (χ3v) is 3.90. The standard InChI is InChI=1S/C16H26N2O2/c17-13-15-4-5-16(12-14(15)6-10-19)20-11-9-18-7-2-1-3-8-18/h4-5,12,19H,1-3,6-11,13,17H2. The molecule has 1 saturated heterocycles. The van der Waals surface area contributed by atoms with Crippen molar-refractivity contribution in [3.8, 4) is 5.75 Å². The molecule has 20 heavy (non-hydrogen) atoms. The number of likely N-dealkylation sites (tertiary alicyclic amines) is 1. The first-order chi connectivity index (χ1) is 9.83. The lowest BCUT2D eigenvalue weighted by atomic mass is 10.0. The van der Waals surface area contributed by atoms with E-state index in [1.165, 1.54) is 32.4 Å². The van der Waals surface area contributed by atoms with Gasteiger partial charge in [-0.3, -0.25) is 4.90 Å². The van der Waals surface area contributed by atoms with Crippen LogP contribution in [-0.4, -0.2) is 42.9 Å². The van der Waals surface area contributed by atoms with Gasteiger partial charge < -0.3 is 15.6 Å². The second-order valence-electron chi connectivity index (χ2n) is 5.36. The normalized spacial score (nSPS) is 16.3. The summed E-state index contributed by atoms with van der Waals surface area (Å²) in [6.45, 7) is 4.76. The summed E-state index contributed by atoms with van der Waals surface area (Å²) in [5.41, 5.74) is 7.87. The quantitative estimate of drug-likeness (QED) is 0.794. The van der Waals surface area contributed by atoms with Crippen molar-refractivity contribution in [3.05, 3.63) is 29.3 Å². The molecule has 0 spiro atoms. The molecule has 0 bridgehead atoms. The highest BCUT2D eigenvalue weighted by molar-refractivity contribution is 5.35. The Morgan fingerprint density at radius 2 is 1.95 bits per heavy atom. The molecule has 0 atom stereocenters. The van der Waals surface area contributed by atoms with E-state index in [2.05, 4.69) is 4.90 Å². The molecule has 1 heterocycles. The van der Waals surface area contributed by atoms with Crippen LogP contribution < -0.4 is 10.5 Å². The maximum absolute atomic E-state index is 9.09. The fourth-order valence-electron chi connectivity index (χ4n) is 2.72. The van der Waals surface area contributed by atoms with Crippen LogP contribution in [0, 0.1) is 0 Å². The number of piperidine rings is 1. The van der Waals surface area contributed by atoms with Crippen molar-refractivity contribution in [1.29, 1.82) is 0 Å². The number of nitrogens with two attached hydrogens (primary N) is 1. The molecule has 0 aliphatic carbocycles. The van der Waals surface area contributed by atoms with Gasteiger partial charge in [-0.25, -0.2) is 0 Å². The van der Waals surface area contributed by atoms with E-state index in [0.717, 1.165) is 30.0 Å². The molecular weight excluding hydrogens is 252 g/mol. The van der Waals surface area contributed by atoms with E-state index in [1.54, 1.807) is 0 Å². The highest BCUT2D eigenvalue weighted by Crippen LogP contribution is 2.18. The molecule has 1 fully saturated rings. The summed E-state index contributed by atoms with van der Waals surface area (Å²) < 4.78 is 5.83. The lowest BCUT2D eigenvalue weighted by Gasteiger charge is -2.26. The Bertz CT molecular complexity index is 403. The van der Waals surface area contributed by atoms with Gasteiger partial charge >= 0.3 is 0 Å². The summed E-state index contributed by atoms with van der Waals surface area (Å²) in [4.78, 5) is 2.46. The van der Waals surface area contributed by atoms with E-state index in [-0.39, 0.29) is 6.61 Å². The van der Waals surface area contributed by atoms with Crippen LogP contribution in [0.5, 0.6) is 5.75 Å². The second kappa shape index (κ2) is 8.25. The van der Waals surface area contributed by atoms with Gasteiger partial charge in [0.25, 0.3) is 0 Å². The molecule has 1 aromatic carbocycles. The van der Waals surface area contributed by atoms with E-state index in [1.807, 2.05) is 18.2 Å². The SMILES string of the molecule is NCc1ccc(OCCN2CCCCC2)cc1CCO. The van der Waals surface area contributed by atoms with Crippen molar-refractivity contribution in [2.45, 2.75) is 32.2 Å². The summed E-state index contributed by atoms with van der Waals surface area (Å²) in [6.07, 6.45) is 4.62. The molecule has 4 nitrogen and oxygen atoms in total. The van der Waals surface area contributed by atoms with Crippen LogP contribution >= 0.6 is 0 Å². The maximum Gasteiger partial charge on any atom is 0.119 e. The van der Waals surface area contributed by atoms with Gasteiger partial charge in [-0.05, 0) is 55.6 Å². The molecule has 1 aliphatic heterocycles. The maximum atomic E-state index is 9.09. The fraction of sp³-hybridized carbons (Fsp3) is 0.625. The molecule has 0 aromatic heterocycles. The van der Waals surface area contributed by atoms with Crippen LogP contribution in [0.15, 0.2) is 18.2 Å². The Labute approximate surface area is 121 Å². The summed E-state index contributed by atoms with van der Waals surface area (Å²) in [6, 6.07) is 5.98. The van der Waals surface area contributed by atoms with Gasteiger partial charge in [0.05, 0.1) is 0 Å². The monoisotopic (exact) mass is 278 g/mol. The first-order valence-corrected chi connectivity index (χ1v) is 7.61. The van der Waals surface area contributed by atoms with Crippen LogP contribution in [-0.2, 0) is 13.0 Å². The molecule has 0 radical (unpaired) electrons. The van der Waals surface area contributed by atoms with Gasteiger partial charge in [-0.1, -0.05) is 12.5 Å². The predicted molar refractivity (Wildman–Crippen MR) is 80.9 cm³/mol. The Kier molecular flexibility index (Phi) is 6.30. The third kappa shape index (κ3) is 4.47. The van der Waals surface area contributed by atoms with Crippen LogP contribution in [0.1, 0.15) is 30.4 Å². The van der Waals surface area contributed by atoms with Gasteiger partial charge in [0.15, 0.2) is 0 Å². The molecule has 0 saturated carbocycles. The largest absolute Gasteiger partial charge is 0.492 e. The van der Waals surface area contributed by atoms with Crippen molar-refractivity contribution < 1.29 is 9.84 Å². The van der Waals surface area contributed by atoms with E-state index >= 15 is 0 Å². The summed E-state index contributed by atoms with van der Waals surface area (Å²) in [7, 11) is 0. The second-order valence-corrected chi connectivity index (χ2v) is 5.36. The number of aliphatic hydroxyl groups is 1. The molecule has 1 aliphatic rings. The Balaban J connectivity index is 1.84. The summed E-state index contributed by atoms with van der Waals surface area (Å²) in [5.74, 6) is 0.877. The average molecular weight is 278 g/mol. The number of ether oxygens (including phenoxy) is 1. The molecule has 0 unspecified atom stereocenters. The first-order valence-electron chi connectivity index (χ1n) is 7.61. The highest BCUT2D eigenvalue weighted by atomic mass is 16.5. The topological polar surface area (TPSA) is 58.7 Å². The fourth-order valence-corrected chi connectivity index (χ4v) is 2.72. The zero-order valence-electron chi connectivity index (χ0n) is 12.2. The van der Waals surface area contributed by atoms with Gasteiger partial charge in [-0.15, -0.1) is 0 Å². The average Bonchev–Trinajstić information content (AvgIpc) is 2.49. The van der Waals surface area contributed by atoms with E-state index in [9.17, 15) is 0 Å². The minimum absolute atomic E-state index is 0.143. The highest BCUT2D eigenvalue weighted by Gasteiger charge is 2.10. The smallest absolute Gasteiger partial charge is 0.119 e. The summed E-state index contributed by atoms with van der Waals surface area (Å²) >= 11 is 0. The Morgan fingerprint density at radius 3 is 2.65 bits per heavy atom. The van der Waals surface area contributed by atoms with Crippen LogP contribution in [0.4, 0.5) is 0 Å². The number of nitrogens with zero attached hydrogens (tertiary/aromatic N) is 1. The Hall–Kier alpha value is -1.10. The van der Waals surface area contributed by atoms with Crippen molar-refractivity contribution in [1.82, 2.24) is 4.90 Å². The van der Waals surface area contributed by atoms with Gasteiger partial charge in [0.1, 0.15) is 12.4 Å². The number of hydrogen-bond acceptors (Lipinski definition) is 4. The number of rotatable bonds is 7. The van der Waals surface area contributed by atoms with Crippen LogP contribution in [0.3, 0.4) is 0 Å². The minimum Gasteiger partial charge on any atom is -0.492 e. The summed E-state index contributed by atoms with van der Waals surface area (Å²) in [5, 5.41) is 9.09. The van der Waals surface area contributed by atoms with Crippen molar-refractivity contribution in [3.63, 3.8) is 0 Å². The molecule has 4 heteroatoms. The third-order valence-electron chi connectivity index (χ3n) is 3.90. The first kappa shape index (κ1) is 15.3. The predicted octanol–water partition coefficient (Wildman–Crippen LogP) is 1.54. The van der Waals surface area contributed by atoms with Crippen molar-refractivity contribution >= 4 is 0 Å². The van der Waals surface area contributed by atoms with E-state index < -0.39 is 0 Å². The van der Waals surface area contributed by atoms with E-state index in [0.29, 0.717) is 13.0 Å². The molecular formula is C16H26N2O2. The van der Waals surface area contributed by atoms with Crippen molar-refractivity contribution in [2.75, 3.05) is 32.8 Å². The lowest BCUT2D eigenvalue weighted by Crippen LogP contribution is -2.33. The molecule has 2 rings (SSSR count). The lowest BCUT2D eigenvalue weighted by molar-refractivity contribution is 0.183. The van der Waals surface area contributed by atoms with Gasteiger partial charge in [-0.2, -0.15) is 0 Å². The number of benzene rings is 1. The minimum atomic E-state index is 0.143. The van der Waals surface area contributed by atoms with Crippen LogP contribution in [0.2, 0.25) is 0 Å². The number of aliphatic hydroxyl groups excluding tert-OH is 1. The molecule has 0 amide bonds. The van der Waals surface area contributed by atoms with Crippen molar-refractivity contribution in [2.24, 2.45) is 5.73 Å². The molecule has 112 valence electrons. The van der Waals surface area contributed by atoms with E-state index in [4.69, 9.17) is 15.6 Å². The zero-order valence-corrected chi connectivity index (χ0v) is 12.2. The molecule has 1 aromatic rings. The van der Waals surface area contributed by atoms with Gasteiger partial charge in [0.2, 0.25) is 0 Å². The number of hydrogen-bond donors (Lipinski definition) is 2. The van der Waals surface area contributed by atoms with Gasteiger partial charge in [0, 0.05) is 19.7 Å². The van der Waals surface area contributed by atoms with Crippen LogP contribution in [0.25, 0.3) is 0 Å².